The normalized spacial score (nSPS) is 34.3. The zero-order chi connectivity index (χ0) is 15.1. The first-order chi connectivity index (χ1) is 9.19. The summed E-state index contributed by atoms with van der Waals surface area (Å²) in [7, 11) is 6.26. The van der Waals surface area contributed by atoms with Crippen LogP contribution in [0.2, 0.25) is 0 Å². The molecule has 0 aromatic carbocycles. The summed E-state index contributed by atoms with van der Waals surface area (Å²) in [6, 6.07) is 0.946. The van der Waals surface area contributed by atoms with Gasteiger partial charge in [0, 0.05) is 11.3 Å². The molecule has 0 N–H and O–H groups in total. The number of hydrogen-bond donors (Lipinski definition) is 0. The fourth-order valence-electron chi connectivity index (χ4n) is 3.77. The molecule has 3 nitrogen and oxygen atoms in total. The second kappa shape index (κ2) is 5.13. The number of nitrogens with zero attached hydrogens (tertiary/aromatic N) is 3. The summed E-state index contributed by atoms with van der Waals surface area (Å²) in [6.07, 6.45) is 15.3. The van der Waals surface area contributed by atoms with Gasteiger partial charge in [-0.05, 0) is 6.08 Å². The van der Waals surface area contributed by atoms with Crippen molar-refractivity contribution in [2.45, 2.75) is 25.9 Å². The predicted molar refractivity (Wildman–Crippen MR) is 91.5 cm³/mol. The fraction of sp³-hybridized carbons (Fsp3) is 0.625. The summed E-state index contributed by atoms with van der Waals surface area (Å²) in [5.41, 5.74) is 0.206. The van der Waals surface area contributed by atoms with Gasteiger partial charge in [0.05, 0.1) is 33.7 Å². The smallest absolute Gasteiger partial charge is 0.217 e. The van der Waals surface area contributed by atoms with Crippen molar-refractivity contribution in [1.29, 1.82) is 0 Å². The first kappa shape index (κ1) is 15.5. The van der Waals surface area contributed by atoms with Gasteiger partial charge in [0.1, 0.15) is 18.7 Å². The Hall–Kier alpha value is -0.920. The molecule has 1 fully saturated rings. The average Bonchev–Trinajstić information content (AvgIpc) is 2.52. The van der Waals surface area contributed by atoms with Crippen LogP contribution in [0.4, 0.5) is 0 Å². The SMILES string of the molecule is C=[P+](C)N(C)N=CC1C(C)(C)C2C=CC=CC2[N+]1(C)C. The van der Waals surface area contributed by atoms with Gasteiger partial charge in [0.15, 0.2) is 0 Å². The number of hydrogen-bond acceptors (Lipinski definition) is 2. The Bertz CT molecular complexity index is 458. The Kier molecular flexibility index (Phi) is 3.96. The number of likely N-dealkylation sites (tertiary alicyclic amines) is 1. The quantitative estimate of drug-likeness (QED) is 0.338. The van der Waals surface area contributed by atoms with Crippen LogP contribution in [0.1, 0.15) is 13.8 Å². The Morgan fingerprint density at radius 2 is 1.90 bits per heavy atom. The highest BCUT2D eigenvalue weighted by atomic mass is 31.1. The molecule has 2 rings (SSSR count). The van der Waals surface area contributed by atoms with Crippen molar-refractivity contribution in [3.8, 4) is 0 Å². The molecule has 4 unspecified atom stereocenters. The molecule has 110 valence electrons. The van der Waals surface area contributed by atoms with Crippen molar-refractivity contribution in [1.82, 2.24) is 4.78 Å². The van der Waals surface area contributed by atoms with Gasteiger partial charge in [-0.2, -0.15) is 0 Å². The van der Waals surface area contributed by atoms with Gasteiger partial charge in [-0.15, -0.1) is 9.88 Å². The predicted octanol–water partition coefficient (Wildman–Crippen LogP) is 2.96. The third-order valence-electron chi connectivity index (χ3n) is 5.08. The van der Waals surface area contributed by atoms with E-state index in [-0.39, 0.29) is 5.41 Å². The number of allylic oxidation sites excluding steroid dienone is 2. The summed E-state index contributed by atoms with van der Waals surface area (Å²) in [4.78, 5) is 0. The summed E-state index contributed by atoms with van der Waals surface area (Å²) in [5, 5.41) is 4.67. The van der Waals surface area contributed by atoms with Gasteiger partial charge in [0.2, 0.25) is 7.70 Å². The highest BCUT2D eigenvalue weighted by molar-refractivity contribution is 7.52. The monoisotopic (exact) mass is 293 g/mol. The molecule has 0 aromatic rings. The van der Waals surface area contributed by atoms with E-state index in [0.29, 0.717) is 18.0 Å². The number of fused-ring (bicyclic) bond motifs is 1. The highest BCUT2D eigenvalue weighted by Gasteiger charge is 2.59. The molecule has 1 saturated heterocycles. The summed E-state index contributed by atoms with van der Waals surface area (Å²) >= 11 is 0. The van der Waals surface area contributed by atoms with Crippen LogP contribution in [-0.2, 0) is 0 Å². The molecule has 0 radical (unpaired) electrons. The van der Waals surface area contributed by atoms with E-state index in [1.807, 2.05) is 11.8 Å². The molecule has 1 aliphatic carbocycles. The van der Waals surface area contributed by atoms with Crippen LogP contribution in [0.3, 0.4) is 0 Å². The molecule has 1 aliphatic heterocycles. The standard InChI is InChI=1S/C16H28N3P/c1-16(2)13-10-8-9-11-14(13)19(4,5)15(16)12-17-18(3)20(6)7/h8-15H,6H2,1-5,7H3/q+2. The van der Waals surface area contributed by atoms with E-state index < -0.39 is 7.70 Å². The van der Waals surface area contributed by atoms with Gasteiger partial charge < -0.3 is 4.48 Å². The molecule has 0 saturated carbocycles. The Labute approximate surface area is 124 Å². The van der Waals surface area contributed by atoms with Crippen LogP contribution < -0.4 is 0 Å². The molecular weight excluding hydrogens is 265 g/mol. The van der Waals surface area contributed by atoms with E-state index >= 15 is 0 Å². The van der Waals surface area contributed by atoms with E-state index in [1.165, 1.54) is 0 Å². The van der Waals surface area contributed by atoms with Crippen LogP contribution in [0, 0.1) is 11.3 Å². The first-order valence-corrected chi connectivity index (χ1v) is 9.12. The minimum atomic E-state index is -0.410. The number of likely N-dealkylation sites (N-methyl/N-ethyl adjacent to an activating group) is 1. The molecule has 4 heteroatoms. The summed E-state index contributed by atoms with van der Waals surface area (Å²) in [6.45, 7) is 6.87. The van der Waals surface area contributed by atoms with E-state index in [0.717, 1.165) is 4.48 Å². The van der Waals surface area contributed by atoms with E-state index in [1.54, 1.807) is 0 Å². The Morgan fingerprint density at radius 1 is 1.30 bits per heavy atom. The van der Waals surface area contributed by atoms with E-state index in [2.05, 4.69) is 76.5 Å². The van der Waals surface area contributed by atoms with E-state index in [9.17, 15) is 0 Å². The molecular formula is C16H28N3P+2. The molecule has 0 amide bonds. The lowest BCUT2D eigenvalue weighted by atomic mass is 9.73. The van der Waals surface area contributed by atoms with Crippen molar-refractivity contribution >= 4 is 20.2 Å². The molecule has 1 heterocycles. The maximum atomic E-state index is 4.67. The van der Waals surface area contributed by atoms with Gasteiger partial charge in [-0.25, -0.2) is 0 Å². The minimum absolute atomic E-state index is 0.206. The van der Waals surface area contributed by atoms with Crippen molar-refractivity contribution in [2.24, 2.45) is 16.4 Å². The number of quaternary nitrogens is 1. The minimum Gasteiger partial charge on any atom is -0.315 e. The zero-order valence-electron chi connectivity index (χ0n) is 13.6. The average molecular weight is 293 g/mol. The second-order valence-electron chi connectivity index (χ2n) is 7.09. The topological polar surface area (TPSA) is 15.6 Å². The van der Waals surface area contributed by atoms with Crippen molar-refractivity contribution in [2.75, 3.05) is 27.8 Å². The first-order valence-electron chi connectivity index (χ1n) is 7.19. The van der Waals surface area contributed by atoms with Crippen LogP contribution in [-0.4, -0.2) is 61.7 Å². The lowest BCUT2D eigenvalue weighted by Gasteiger charge is -2.37. The third kappa shape index (κ3) is 2.38. The van der Waals surface area contributed by atoms with Crippen LogP contribution in [0.25, 0.3) is 0 Å². The molecule has 0 spiro atoms. The van der Waals surface area contributed by atoms with Crippen molar-refractivity contribution < 1.29 is 4.48 Å². The molecule has 4 atom stereocenters. The molecule has 0 aromatic heterocycles. The molecule has 0 bridgehead atoms. The van der Waals surface area contributed by atoms with E-state index in [4.69, 9.17) is 0 Å². The third-order valence-corrected chi connectivity index (χ3v) is 6.17. The highest BCUT2D eigenvalue weighted by Crippen LogP contribution is 2.49. The van der Waals surface area contributed by atoms with Crippen molar-refractivity contribution in [3.63, 3.8) is 0 Å². The number of hydrazone groups is 1. The van der Waals surface area contributed by atoms with Gasteiger partial charge in [-0.1, -0.05) is 32.1 Å². The Balaban J connectivity index is 2.34. The lowest BCUT2D eigenvalue weighted by Crippen LogP contribution is -2.52. The molecule has 2 aliphatic rings. The van der Waals surface area contributed by atoms with Gasteiger partial charge >= 0.3 is 0 Å². The maximum absolute atomic E-state index is 4.67. The largest absolute Gasteiger partial charge is 0.315 e. The van der Waals surface area contributed by atoms with Crippen LogP contribution >= 0.6 is 7.70 Å². The van der Waals surface area contributed by atoms with Crippen LogP contribution in [0.5, 0.6) is 0 Å². The zero-order valence-corrected chi connectivity index (χ0v) is 14.5. The van der Waals surface area contributed by atoms with Gasteiger partial charge in [0.25, 0.3) is 0 Å². The van der Waals surface area contributed by atoms with Crippen molar-refractivity contribution in [3.05, 3.63) is 24.3 Å². The maximum Gasteiger partial charge on any atom is 0.217 e. The fourth-order valence-corrected chi connectivity index (χ4v) is 4.01. The number of rotatable bonds is 3. The lowest BCUT2D eigenvalue weighted by molar-refractivity contribution is -0.912. The molecule has 20 heavy (non-hydrogen) atoms. The summed E-state index contributed by atoms with van der Waals surface area (Å²) in [5.74, 6) is 0.576. The summed E-state index contributed by atoms with van der Waals surface area (Å²) < 4.78 is 2.97. The Morgan fingerprint density at radius 3 is 2.45 bits per heavy atom. The van der Waals surface area contributed by atoms with Gasteiger partial charge in [-0.3, -0.25) is 0 Å². The second-order valence-corrected chi connectivity index (χ2v) is 8.99. The van der Waals surface area contributed by atoms with Crippen LogP contribution in [0.15, 0.2) is 29.4 Å².